The first-order valence-corrected chi connectivity index (χ1v) is 10.3. The molecule has 0 radical (unpaired) electrons. The molecular formula is C21H21N5O2S. The Hall–Kier alpha value is -3.26. The molecule has 0 spiro atoms. The molecule has 1 amide bonds. The summed E-state index contributed by atoms with van der Waals surface area (Å²) in [6.07, 6.45) is 1.93. The van der Waals surface area contributed by atoms with Crippen LogP contribution in [0.15, 0.2) is 59.9 Å². The summed E-state index contributed by atoms with van der Waals surface area (Å²) < 4.78 is 7.31. The number of carbonyl (C=O) groups excluding carboxylic acids is 1. The van der Waals surface area contributed by atoms with E-state index < -0.39 is 0 Å². The van der Waals surface area contributed by atoms with E-state index in [2.05, 4.69) is 20.5 Å². The van der Waals surface area contributed by atoms with E-state index in [0.717, 1.165) is 33.7 Å². The molecule has 148 valence electrons. The molecular weight excluding hydrogens is 386 g/mol. The van der Waals surface area contributed by atoms with Gasteiger partial charge in [-0.25, -0.2) is 0 Å². The molecule has 0 aliphatic rings. The molecule has 0 fully saturated rings. The van der Waals surface area contributed by atoms with Crippen LogP contribution in [0.25, 0.3) is 22.3 Å². The van der Waals surface area contributed by atoms with Gasteiger partial charge in [0.25, 0.3) is 0 Å². The molecule has 0 unspecified atom stereocenters. The Morgan fingerprint density at radius 1 is 1.17 bits per heavy atom. The molecule has 0 aliphatic carbocycles. The molecule has 0 bridgehead atoms. The van der Waals surface area contributed by atoms with Gasteiger partial charge >= 0.3 is 0 Å². The van der Waals surface area contributed by atoms with E-state index >= 15 is 0 Å². The van der Waals surface area contributed by atoms with E-state index in [4.69, 9.17) is 4.74 Å². The quantitative estimate of drug-likeness (QED) is 0.451. The molecule has 8 heteroatoms. The summed E-state index contributed by atoms with van der Waals surface area (Å²) >= 11 is 1.35. The maximum absolute atomic E-state index is 12.3. The van der Waals surface area contributed by atoms with Crippen LogP contribution < -0.4 is 10.1 Å². The normalized spacial score (nSPS) is 11.0. The lowest BCUT2D eigenvalue weighted by Gasteiger charge is -2.07. The van der Waals surface area contributed by atoms with E-state index in [0.29, 0.717) is 11.8 Å². The predicted molar refractivity (Wildman–Crippen MR) is 115 cm³/mol. The lowest BCUT2D eigenvalue weighted by Crippen LogP contribution is -2.14. The summed E-state index contributed by atoms with van der Waals surface area (Å²) in [5, 5.41) is 13.2. The Morgan fingerprint density at radius 2 is 1.97 bits per heavy atom. The fourth-order valence-corrected chi connectivity index (χ4v) is 3.77. The van der Waals surface area contributed by atoms with Crippen molar-refractivity contribution in [3.05, 3.63) is 54.7 Å². The maximum Gasteiger partial charge on any atom is 0.234 e. The number of aromatic amines is 1. The molecule has 0 atom stereocenters. The SMILES string of the molecule is CCOc1ccc(NC(=O)CSc2nnc(-c3c[nH]c4ccccc34)n2C)cc1. The summed E-state index contributed by atoms with van der Waals surface area (Å²) in [6.45, 7) is 2.55. The van der Waals surface area contributed by atoms with E-state index in [1.54, 1.807) is 0 Å². The second-order valence-corrected chi connectivity index (χ2v) is 7.35. The molecule has 0 saturated heterocycles. The Labute approximate surface area is 172 Å². The highest BCUT2D eigenvalue weighted by Gasteiger charge is 2.16. The number of nitrogens with one attached hydrogen (secondary N) is 2. The van der Waals surface area contributed by atoms with Crippen LogP contribution >= 0.6 is 11.8 Å². The first kappa shape index (κ1) is 19.1. The maximum atomic E-state index is 12.3. The van der Waals surface area contributed by atoms with Crippen LogP contribution in [0.1, 0.15) is 6.92 Å². The zero-order valence-corrected chi connectivity index (χ0v) is 17.0. The van der Waals surface area contributed by atoms with Crippen LogP contribution in [0, 0.1) is 0 Å². The van der Waals surface area contributed by atoms with Crippen LogP contribution in [0.2, 0.25) is 0 Å². The van der Waals surface area contributed by atoms with Crippen molar-refractivity contribution >= 4 is 34.3 Å². The zero-order valence-electron chi connectivity index (χ0n) is 16.2. The van der Waals surface area contributed by atoms with Crippen molar-refractivity contribution in [2.45, 2.75) is 12.1 Å². The number of para-hydroxylation sites is 1. The number of amides is 1. The highest BCUT2D eigenvalue weighted by molar-refractivity contribution is 7.99. The molecule has 29 heavy (non-hydrogen) atoms. The van der Waals surface area contributed by atoms with Crippen LogP contribution in [0.5, 0.6) is 5.75 Å². The van der Waals surface area contributed by atoms with Gasteiger partial charge in [-0.15, -0.1) is 10.2 Å². The first-order valence-electron chi connectivity index (χ1n) is 9.27. The zero-order chi connectivity index (χ0) is 20.2. The molecule has 2 heterocycles. The van der Waals surface area contributed by atoms with Gasteiger partial charge < -0.3 is 19.6 Å². The predicted octanol–water partition coefficient (Wildman–Crippen LogP) is 4.09. The van der Waals surface area contributed by atoms with Crippen LogP contribution in [0.4, 0.5) is 5.69 Å². The number of nitrogens with zero attached hydrogens (tertiary/aromatic N) is 3. The number of hydrogen-bond donors (Lipinski definition) is 2. The lowest BCUT2D eigenvalue weighted by molar-refractivity contribution is -0.113. The standard InChI is InChI=1S/C21H21N5O2S/c1-3-28-15-10-8-14(9-11-15)23-19(27)13-29-21-25-24-20(26(21)2)17-12-22-18-7-5-4-6-16(17)18/h4-12,22H,3,13H2,1-2H3,(H,23,27). The smallest absolute Gasteiger partial charge is 0.234 e. The lowest BCUT2D eigenvalue weighted by atomic mass is 10.1. The summed E-state index contributed by atoms with van der Waals surface area (Å²) in [5.41, 5.74) is 2.77. The fraction of sp³-hybridized carbons (Fsp3) is 0.190. The molecule has 0 saturated carbocycles. The number of aromatic nitrogens is 4. The largest absolute Gasteiger partial charge is 0.494 e. The number of carbonyl (C=O) groups is 1. The Morgan fingerprint density at radius 3 is 2.76 bits per heavy atom. The molecule has 0 aliphatic heterocycles. The highest BCUT2D eigenvalue weighted by atomic mass is 32.2. The average molecular weight is 407 g/mol. The molecule has 7 nitrogen and oxygen atoms in total. The van der Waals surface area contributed by atoms with Crippen molar-refractivity contribution in [1.82, 2.24) is 19.7 Å². The second-order valence-electron chi connectivity index (χ2n) is 6.41. The Kier molecular flexibility index (Phi) is 5.53. The molecule has 2 N–H and O–H groups in total. The van der Waals surface area contributed by atoms with E-state index in [1.807, 2.05) is 73.3 Å². The van der Waals surface area contributed by atoms with Gasteiger partial charge in [0.15, 0.2) is 11.0 Å². The van der Waals surface area contributed by atoms with E-state index in [9.17, 15) is 4.79 Å². The number of H-pyrrole nitrogens is 1. The first-order chi connectivity index (χ1) is 14.2. The van der Waals surface area contributed by atoms with Gasteiger partial charge in [-0.3, -0.25) is 4.79 Å². The van der Waals surface area contributed by atoms with E-state index in [-0.39, 0.29) is 11.7 Å². The number of hydrogen-bond acceptors (Lipinski definition) is 5. The van der Waals surface area contributed by atoms with Crippen LogP contribution in [-0.2, 0) is 11.8 Å². The van der Waals surface area contributed by atoms with Crippen molar-refractivity contribution in [2.75, 3.05) is 17.7 Å². The van der Waals surface area contributed by atoms with Gasteiger partial charge in [0, 0.05) is 35.4 Å². The molecule has 2 aromatic carbocycles. The number of thioether (sulfide) groups is 1. The summed E-state index contributed by atoms with van der Waals surface area (Å²) in [4.78, 5) is 15.5. The third kappa shape index (κ3) is 4.12. The van der Waals surface area contributed by atoms with Gasteiger partial charge in [0.2, 0.25) is 5.91 Å². The monoisotopic (exact) mass is 407 g/mol. The minimum atomic E-state index is -0.101. The minimum absolute atomic E-state index is 0.101. The highest BCUT2D eigenvalue weighted by Crippen LogP contribution is 2.29. The van der Waals surface area contributed by atoms with Gasteiger partial charge in [-0.1, -0.05) is 30.0 Å². The number of rotatable bonds is 7. The van der Waals surface area contributed by atoms with E-state index in [1.165, 1.54) is 11.8 Å². The van der Waals surface area contributed by atoms with Crippen LogP contribution in [-0.4, -0.2) is 38.0 Å². The number of anilines is 1. The minimum Gasteiger partial charge on any atom is -0.494 e. The fourth-order valence-electron chi connectivity index (χ4n) is 3.06. The van der Waals surface area contributed by atoms with Crippen molar-refractivity contribution in [3.8, 4) is 17.1 Å². The second kappa shape index (κ2) is 8.40. The van der Waals surface area contributed by atoms with Gasteiger partial charge in [-0.05, 0) is 37.3 Å². The summed E-state index contributed by atoms with van der Waals surface area (Å²) in [5.74, 6) is 1.68. The molecule has 2 aromatic heterocycles. The Bertz CT molecular complexity index is 1130. The topological polar surface area (TPSA) is 84.8 Å². The van der Waals surface area contributed by atoms with Crippen molar-refractivity contribution in [1.29, 1.82) is 0 Å². The van der Waals surface area contributed by atoms with Gasteiger partial charge in [0.1, 0.15) is 5.75 Å². The van der Waals surface area contributed by atoms with Crippen molar-refractivity contribution in [2.24, 2.45) is 7.05 Å². The third-order valence-electron chi connectivity index (χ3n) is 4.45. The Balaban J connectivity index is 1.41. The van der Waals surface area contributed by atoms with Gasteiger partial charge in [-0.2, -0.15) is 0 Å². The molecule has 4 aromatic rings. The summed E-state index contributed by atoms with van der Waals surface area (Å²) in [6, 6.07) is 15.4. The third-order valence-corrected chi connectivity index (χ3v) is 5.47. The number of fused-ring (bicyclic) bond motifs is 1. The van der Waals surface area contributed by atoms with Crippen molar-refractivity contribution < 1.29 is 9.53 Å². The average Bonchev–Trinajstić information content (AvgIpc) is 3.31. The summed E-state index contributed by atoms with van der Waals surface area (Å²) in [7, 11) is 1.91. The molecule has 4 rings (SSSR count). The van der Waals surface area contributed by atoms with Crippen LogP contribution in [0.3, 0.4) is 0 Å². The number of benzene rings is 2. The number of ether oxygens (including phenoxy) is 1. The van der Waals surface area contributed by atoms with Crippen molar-refractivity contribution in [3.63, 3.8) is 0 Å². The van der Waals surface area contributed by atoms with Gasteiger partial charge in [0.05, 0.1) is 12.4 Å².